The van der Waals surface area contributed by atoms with Crippen molar-refractivity contribution >= 4 is 17.0 Å². The van der Waals surface area contributed by atoms with Gasteiger partial charge in [-0.3, -0.25) is 0 Å². The molecule has 0 aliphatic heterocycles. The van der Waals surface area contributed by atoms with Gasteiger partial charge in [0.2, 0.25) is 0 Å². The summed E-state index contributed by atoms with van der Waals surface area (Å²) in [6.07, 6.45) is 0.827. The van der Waals surface area contributed by atoms with E-state index < -0.39 is 0 Å². The quantitative estimate of drug-likeness (QED) is 0.891. The number of rotatable bonds is 3. The Kier molecular flexibility index (Phi) is 2.96. The van der Waals surface area contributed by atoms with Crippen LogP contribution in [0.15, 0.2) is 9.90 Å². The van der Waals surface area contributed by atoms with Crippen LogP contribution in [0.5, 0.6) is 0 Å². The Morgan fingerprint density at radius 3 is 2.81 bits per heavy atom. The van der Waals surface area contributed by atoms with Crippen LogP contribution in [-0.4, -0.2) is 10.1 Å². The first-order valence-corrected chi connectivity index (χ1v) is 6.12. The summed E-state index contributed by atoms with van der Waals surface area (Å²) < 4.78 is 5.22. The van der Waals surface area contributed by atoms with Crippen molar-refractivity contribution in [1.29, 1.82) is 0 Å². The van der Waals surface area contributed by atoms with Gasteiger partial charge in [0.15, 0.2) is 5.82 Å². The van der Waals surface area contributed by atoms with Crippen molar-refractivity contribution in [2.75, 3.05) is 5.73 Å². The van der Waals surface area contributed by atoms with Gasteiger partial charge in [-0.05, 0) is 23.8 Å². The molecule has 0 fully saturated rings. The molecule has 2 aromatic rings. The molecule has 0 aromatic carbocycles. The molecule has 2 heterocycles. The average Bonchev–Trinajstić information content (AvgIpc) is 2.75. The number of nitrogen functional groups attached to an aromatic ring is 1. The zero-order chi connectivity index (χ0) is 11.7. The molecule has 0 atom stereocenters. The molecule has 5 heteroatoms. The van der Waals surface area contributed by atoms with Gasteiger partial charge >= 0.3 is 0 Å². The van der Waals surface area contributed by atoms with Crippen LogP contribution in [0, 0.1) is 12.8 Å². The molecule has 0 saturated carbocycles. The summed E-state index contributed by atoms with van der Waals surface area (Å²) >= 11 is 1.54. The first-order chi connectivity index (χ1) is 7.58. The molecular weight excluding hydrogens is 222 g/mol. The van der Waals surface area contributed by atoms with Crippen molar-refractivity contribution in [3.8, 4) is 10.8 Å². The molecule has 0 saturated heterocycles. The number of nitrogens with zero attached hydrogens (tertiary/aromatic N) is 2. The van der Waals surface area contributed by atoms with Crippen LogP contribution in [-0.2, 0) is 6.42 Å². The lowest BCUT2D eigenvalue weighted by atomic mass is 10.1. The summed E-state index contributed by atoms with van der Waals surface area (Å²) in [7, 11) is 0. The molecule has 4 nitrogen and oxygen atoms in total. The van der Waals surface area contributed by atoms with Gasteiger partial charge in [-0.1, -0.05) is 19.0 Å². The maximum absolute atomic E-state index is 5.93. The van der Waals surface area contributed by atoms with Crippen LogP contribution in [0.2, 0.25) is 0 Å². The van der Waals surface area contributed by atoms with E-state index in [9.17, 15) is 0 Å². The Morgan fingerprint density at radius 1 is 1.50 bits per heavy atom. The monoisotopic (exact) mass is 237 g/mol. The Morgan fingerprint density at radius 2 is 2.25 bits per heavy atom. The highest BCUT2D eigenvalue weighted by Crippen LogP contribution is 2.33. The predicted molar refractivity (Wildman–Crippen MR) is 65.3 cm³/mol. The van der Waals surface area contributed by atoms with E-state index in [0.717, 1.165) is 28.4 Å². The fraction of sp³-hybridized carbons (Fsp3) is 0.455. The van der Waals surface area contributed by atoms with Gasteiger partial charge in [-0.2, -0.15) is 4.98 Å². The van der Waals surface area contributed by atoms with E-state index in [0.29, 0.717) is 11.8 Å². The van der Waals surface area contributed by atoms with Crippen molar-refractivity contribution in [2.24, 2.45) is 5.92 Å². The molecular formula is C11H15N3OS. The maximum atomic E-state index is 5.93. The molecule has 2 aromatic heterocycles. The Balaban J connectivity index is 2.28. The standard InChI is InChI=1S/C11H15N3OS/c1-6(2)4-8-13-11(15-14-8)10-9(12)7(3)5-16-10/h5-6H,4,12H2,1-3H3. The maximum Gasteiger partial charge on any atom is 0.270 e. The van der Waals surface area contributed by atoms with Crippen molar-refractivity contribution in [3.63, 3.8) is 0 Å². The third-order valence-corrected chi connectivity index (χ3v) is 3.38. The largest absolute Gasteiger partial charge is 0.397 e. The number of aryl methyl sites for hydroxylation is 1. The molecule has 2 rings (SSSR count). The highest BCUT2D eigenvalue weighted by molar-refractivity contribution is 7.14. The molecule has 2 N–H and O–H groups in total. The van der Waals surface area contributed by atoms with Crippen molar-refractivity contribution in [2.45, 2.75) is 27.2 Å². The smallest absolute Gasteiger partial charge is 0.270 e. The third kappa shape index (κ3) is 2.09. The van der Waals surface area contributed by atoms with E-state index in [1.165, 1.54) is 0 Å². The van der Waals surface area contributed by atoms with Gasteiger partial charge in [0.25, 0.3) is 5.89 Å². The zero-order valence-electron chi connectivity index (χ0n) is 9.65. The van der Waals surface area contributed by atoms with Crippen molar-refractivity contribution in [3.05, 3.63) is 16.8 Å². The van der Waals surface area contributed by atoms with E-state index in [1.54, 1.807) is 11.3 Å². The minimum absolute atomic E-state index is 0.521. The number of aromatic nitrogens is 2. The number of nitrogens with two attached hydrogens (primary N) is 1. The van der Waals surface area contributed by atoms with Crippen LogP contribution in [0.4, 0.5) is 5.69 Å². The first kappa shape index (κ1) is 11.1. The lowest BCUT2D eigenvalue weighted by Crippen LogP contribution is -1.95. The lowest BCUT2D eigenvalue weighted by Gasteiger charge is -1.96. The summed E-state index contributed by atoms with van der Waals surface area (Å²) in [5.41, 5.74) is 7.73. The molecule has 0 spiro atoms. The molecule has 0 aliphatic rings. The Bertz CT molecular complexity index is 487. The van der Waals surface area contributed by atoms with E-state index in [2.05, 4.69) is 24.0 Å². The second-order valence-corrected chi connectivity index (χ2v) is 5.15. The van der Waals surface area contributed by atoms with Crippen LogP contribution < -0.4 is 5.73 Å². The molecule has 0 aliphatic carbocycles. The van der Waals surface area contributed by atoms with Gasteiger partial charge < -0.3 is 10.3 Å². The molecule has 86 valence electrons. The van der Waals surface area contributed by atoms with Gasteiger partial charge in [-0.15, -0.1) is 11.3 Å². The van der Waals surface area contributed by atoms with Crippen LogP contribution in [0.25, 0.3) is 10.8 Å². The Hall–Kier alpha value is -1.36. The zero-order valence-corrected chi connectivity index (χ0v) is 10.5. The minimum Gasteiger partial charge on any atom is -0.397 e. The average molecular weight is 237 g/mol. The summed E-state index contributed by atoms with van der Waals surface area (Å²) in [5.74, 6) is 1.80. The topological polar surface area (TPSA) is 64.9 Å². The summed E-state index contributed by atoms with van der Waals surface area (Å²) in [5, 5.41) is 5.95. The van der Waals surface area contributed by atoms with E-state index in [-0.39, 0.29) is 0 Å². The van der Waals surface area contributed by atoms with Crippen LogP contribution >= 0.6 is 11.3 Å². The third-order valence-electron chi connectivity index (χ3n) is 2.28. The molecule has 0 bridgehead atoms. The predicted octanol–water partition coefficient (Wildman–Crippen LogP) is 2.89. The summed E-state index contributed by atoms with van der Waals surface area (Å²) in [4.78, 5) is 5.22. The summed E-state index contributed by atoms with van der Waals surface area (Å²) in [6, 6.07) is 0. The first-order valence-electron chi connectivity index (χ1n) is 5.24. The number of thiophene rings is 1. The molecule has 0 radical (unpaired) electrons. The fourth-order valence-corrected chi connectivity index (χ4v) is 2.31. The highest BCUT2D eigenvalue weighted by Gasteiger charge is 2.15. The van der Waals surface area contributed by atoms with Crippen LogP contribution in [0.3, 0.4) is 0 Å². The highest BCUT2D eigenvalue weighted by atomic mass is 32.1. The van der Waals surface area contributed by atoms with Gasteiger partial charge in [0.1, 0.15) is 4.88 Å². The van der Waals surface area contributed by atoms with Gasteiger partial charge in [0.05, 0.1) is 5.69 Å². The molecule has 16 heavy (non-hydrogen) atoms. The SMILES string of the molecule is Cc1csc(-c2nc(CC(C)C)no2)c1N. The van der Waals surface area contributed by atoms with E-state index in [1.807, 2.05) is 12.3 Å². The van der Waals surface area contributed by atoms with Crippen molar-refractivity contribution in [1.82, 2.24) is 10.1 Å². The molecule has 0 amide bonds. The van der Waals surface area contributed by atoms with Crippen LogP contribution in [0.1, 0.15) is 25.2 Å². The minimum atomic E-state index is 0.521. The normalized spacial score (nSPS) is 11.2. The summed E-state index contributed by atoms with van der Waals surface area (Å²) in [6.45, 7) is 6.22. The van der Waals surface area contributed by atoms with E-state index in [4.69, 9.17) is 10.3 Å². The number of hydrogen-bond donors (Lipinski definition) is 1. The van der Waals surface area contributed by atoms with E-state index >= 15 is 0 Å². The fourth-order valence-electron chi connectivity index (χ4n) is 1.41. The van der Waals surface area contributed by atoms with Gasteiger partial charge in [-0.25, -0.2) is 0 Å². The number of anilines is 1. The Labute approximate surface area is 98.5 Å². The second-order valence-electron chi connectivity index (χ2n) is 4.28. The molecule has 0 unspecified atom stereocenters. The van der Waals surface area contributed by atoms with Gasteiger partial charge in [0, 0.05) is 6.42 Å². The lowest BCUT2D eigenvalue weighted by molar-refractivity contribution is 0.418. The van der Waals surface area contributed by atoms with Crippen molar-refractivity contribution < 1.29 is 4.52 Å². The second kappa shape index (κ2) is 4.25. The number of hydrogen-bond acceptors (Lipinski definition) is 5.